The predicted molar refractivity (Wildman–Crippen MR) is 144 cm³/mol. The maximum absolute atomic E-state index is 10.8. The molecule has 0 heterocycles. The monoisotopic (exact) mass is 458 g/mol. The maximum Gasteiger partial charge on any atom is 0.122 e. The van der Waals surface area contributed by atoms with Crippen LogP contribution < -0.4 is 0 Å². The second-order valence-electron chi connectivity index (χ2n) is 9.43. The van der Waals surface area contributed by atoms with Crippen LogP contribution >= 0.6 is 0 Å². The smallest absolute Gasteiger partial charge is 0.122 e. The van der Waals surface area contributed by atoms with Crippen LogP contribution in [0.5, 0.6) is 11.5 Å². The van der Waals surface area contributed by atoms with E-state index in [0.717, 1.165) is 33.4 Å². The van der Waals surface area contributed by atoms with Gasteiger partial charge in [0.1, 0.15) is 11.5 Å². The number of phenolic OH excluding ortho intramolecular Hbond substituents is 2. The number of fused-ring (bicyclic) bond motifs is 3. The predicted octanol–water partition coefficient (Wildman–Crippen LogP) is 7.53. The van der Waals surface area contributed by atoms with Crippen molar-refractivity contribution in [2.45, 2.75) is 32.1 Å². The number of benzene rings is 4. The van der Waals surface area contributed by atoms with Gasteiger partial charge in [-0.15, -0.1) is 13.2 Å². The number of phenols is 2. The Balaban J connectivity index is 1.97. The van der Waals surface area contributed by atoms with Crippen molar-refractivity contribution in [2.75, 3.05) is 0 Å². The van der Waals surface area contributed by atoms with Gasteiger partial charge in [0.15, 0.2) is 0 Å². The van der Waals surface area contributed by atoms with Gasteiger partial charge in [0.05, 0.1) is 5.41 Å². The fraction of sp³-hybridized carbons (Fsp3) is 0.152. The van der Waals surface area contributed by atoms with Crippen molar-refractivity contribution in [3.05, 3.63) is 143 Å². The highest BCUT2D eigenvalue weighted by Crippen LogP contribution is 2.57. The zero-order valence-corrected chi connectivity index (χ0v) is 20.3. The van der Waals surface area contributed by atoms with E-state index in [0.29, 0.717) is 24.3 Å². The van der Waals surface area contributed by atoms with E-state index in [1.54, 1.807) is 0 Å². The first-order valence-electron chi connectivity index (χ1n) is 12.0. The topological polar surface area (TPSA) is 40.5 Å². The number of rotatable bonds is 6. The van der Waals surface area contributed by atoms with E-state index in [1.807, 2.05) is 26.0 Å². The third-order valence-corrected chi connectivity index (χ3v) is 7.31. The summed E-state index contributed by atoms with van der Waals surface area (Å²) in [5, 5.41) is 21.7. The number of aromatic hydroxyl groups is 2. The first-order valence-corrected chi connectivity index (χ1v) is 12.0. The summed E-state index contributed by atoms with van der Waals surface area (Å²) in [6.07, 6.45) is 4.81. The molecule has 4 aromatic rings. The van der Waals surface area contributed by atoms with Crippen LogP contribution in [0.4, 0.5) is 0 Å². The molecule has 0 spiro atoms. The van der Waals surface area contributed by atoms with E-state index in [4.69, 9.17) is 0 Å². The summed E-state index contributed by atoms with van der Waals surface area (Å²) in [5.41, 5.74) is 9.78. The molecule has 2 nitrogen and oxygen atoms in total. The molecule has 174 valence electrons. The lowest BCUT2D eigenvalue weighted by Gasteiger charge is -2.35. The molecule has 0 saturated heterocycles. The van der Waals surface area contributed by atoms with E-state index in [-0.39, 0.29) is 0 Å². The molecule has 1 aliphatic carbocycles. The SMILES string of the molecule is C=CCc1cc(C2(c3cc(C)c(O)c(CC=C)c3)c3ccccc3-c3ccccc32)cc(C)c1O. The van der Waals surface area contributed by atoms with Crippen LogP contribution in [0, 0.1) is 13.8 Å². The number of hydrogen-bond donors (Lipinski definition) is 2. The highest BCUT2D eigenvalue weighted by molar-refractivity contribution is 5.86. The van der Waals surface area contributed by atoms with Gasteiger partial charge >= 0.3 is 0 Å². The second kappa shape index (κ2) is 8.63. The molecule has 5 rings (SSSR count). The Hall–Kier alpha value is -4.04. The zero-order valence-electron chi connectivity index (χ0n) is 20.3. The molecule has 0 unspecified atom stereocenters. The first-order chi connectivity index (χ1) is 16.9. The molecule has 0 amide bonds. The van der Waals surface area contributed by atoms with Gasteiger partial charge in [0.25, 0.3) is 0 Å². The Morgan fingerprint density at radius 3 is 1.46 bits per heavy atom. The quantitative estimate of drug-likeness (QED) is 0.258. The van der Waals surface area contributed by atoms with E-state index in [9.17, 15) is 10.2 Å². The largest absolute Gasteiger partial charge is 0.507 e. The van der Waals surface area contributed by atoms with Gasteiger partial charge in [-0.05, 0) is 82.3 Å². The van der Waals surface area contributed by atoms with Crippen molar-refractivity contribution >= 4 is 0 Å². The van der Waals surface area contributed by atoms with Gasteiger partial charge in [0.2, 0.25) is 0 Å². The van der Waals surface area contributed by atoms with E-state index < -0.39 is 5.41 Å². The Bertz CT molecular complexity index is 1360. The average molecular weight is 459 g/mol. The van der Waals surface area contributed by atoms with Crippen molar-refractivity contribution in [1.82, 2.24) is 0 Å². The van der Waals surface area contributed by atoms with Crippen LogP contribution in [0.1, 0.15) is 44.5 Å². The van der Waals surface area contributed by atoms with Crippen molar-refractivity contribution < 1.29 is 10.2 Å². The van der Waals surface area contributed by atoms with Crippen molar-refractivity contribution in [2.24, 2.45) is 0 Å². The fourth-order valence-corrected chi connectivity index (χ4v) is 5.78. The molecule has 2 heteroatoms. The lowest BCUT2D eigenvalue weighted by Crippen LogP contribution is -2.29. The van der Waals surface area contributed by atoms with Gasteiger partial charge in [0, 0.05) is 0 Å². The van der Waals surface area contributed by atoms with Gasteiger partial charge < -0.3 is 10.2 Å². The van der Waals surface area contributed by atoms with Gasteiger partial charge in [-0.25, -0.2) is 0 Å². The van der Waals surface area contributed by atoms with E-state index in [2.05, 4.69) is 86.0 Å². The summed E-state index contributed by atoms with van der Waals surface area (Å²) < 4.78 is 0. The summed E-state index contributed by atoms with van der Waals surface area (Å²) in [7, 11) is 0. The summed E-state index contributed by atoms with van der Waals surface area (Å²) in [5.74, 6) is 0.634. The molecule has 1 aliphatic rings. The minimum Gasteiger partial charge on any atom is -0.507 e. The molecule has 0 atom stereocenters. The third-order valence-electron chi connectivity index (χ3n) is 7.31. The van der Waals surface area contributed by atoms with E-state index >= 15 is 0 Å². The molecule has 2 N–H and O–H groups in total. The molecule has 4 aromatic carbocycles. The molecule has 0 bridgehead atoms. The highest BCUT2D eigenvalue weighted by Gasteiger charge is 2.46. The Morgan fingerprint density at radius 2 is 1.06 bits per heavy atom. The summed E-state index contributed by atoms with van der Waals surface area (Å²) in [6, 6.07) is 25.6. The van der Waals surface area contributed by atoms with Crippen molar-refractivity contribution in [1.29, 1.82) is 0 Å². The van der Waals surface area contributed by atoms with Crippen LogP contribution in [-0.2, 0) is 18.3 Å². The summed E-state index contributed by atoms with van der Waals surface area (Å²) in [6.45, 7) is 11.7. The first kappa shape index (κ1) is 22.7. The van der Waals surface area contributed by atoms with Crippen LogP contribution in [0.2, 0.25) is 0 Å². The van der Waals surface area contributed by atoms with Crippen LogP contribution in [0.3, 0.4) is 0 Å². The molecular formula is C33H30O2. The Morgan fingerprint density at radius 1 is 0.657 bits per heavy atom. The van der Waals surface area contributed by atoms with Crippen molar-refractivity contribution in [3.63, 3.8) is 0 Å². The van der Waals surface area contributed by atoms with Crippen LogP contribution in [0.15, 0.2) is 98.1 Å². The van der Waals surface area contributed by atoms with Crippen LogP contribution in [-0.4, -0.2) is 10.2 Å². The van der Waals surface area contributed by atoms with E-state index in [1.165, 1.54) is 22.3 Å². The van der Waals surface area contributed by atoms with Gasteiger partial charge in [-0.3, -0.25) is 0 Å². The molecule has 35 heavy (non-hydrogen) atoms. The highest BCUT2D eigenvalue weighted by atomic mass is 16.3. The minimum absolute atomic E-state index is 0.317. The van der Waals surface area contributed by atoms with Crippen LogP contribution in [0.25, 0.3) is 11.1 Å². The fourth-order valence-electron chi connectivity index (χ4n) is 5.78. The summed E-state index contributed by atoms with van der Waals surface area (Å²) >= 11 is 0. The summed E-state index contributed by atoms with van der Waals surface area (Å²) in [4.78, 5) is 0. The maximum atomic E-state index is 10.8. The second-order valence-corrected chi connectivity index (χ2v) is 9.43. The molecule has 0 aromatic heterocycles. The number of hydrogen-bond acceptors (Lipinski definition) is 2. The lowest BCUT2D eigenvalue weighted by atomic mass is 9.66. The van der Waals surface area contributed by atoms with Crippen molar-refractivity contribution in [3.8, 4) is 22.6 Å². The molecule has 0 fully saturated rings. The van der Waals surface area contributed by atoms with Gasteiger partial charge in [-0.1, -0.05) is 84.9 Å². The lowest BCUT2D eigenvalue weighted by molar-refractivity contribution is 0.464. The third kappa shape index (κ3) is 3.32. The average Bonchev–Trinajstić information content (AvgIpc) is 3.16. The Labute approximate surface area is 207 Å². The normalized spacial score (nSPS) is 13.2. The zero-order chi connectivity index (χ0) is 24.7. The van der Waals surface area contributed by atoms with Gasteiger partial charge in [-0.2, -0.15) is 0 Å². The number of allylic oxidation sites excluding steroid dienone is 2. The molecular weight excluding hydrogens is 428 g/mol. The molecule has 0 radical (unpaired) electrons. The minimum atomic E-state index is -0.601. The standard InChI is InChI=1S/C33H30O2/c1-5-11-23-19-25(17-21(3)31(23)34)33(26-18-22(4)32(35)24(20-26)12-6-2)29-15-9-7-13-27(29)28-14-8-10-16-30(28)33/h5-10,13-20,34-35H,1-2,11-12H2,3-4H3. The Kier molecular flexibility index (Phi) is 5.61. The molecule has 0 saturated carbocycles. The molecule has 0 aliphatic heterocycles. The number of aryl methyl sites for hydroxylation is 2.